The van der Waals surface area contributed by atoms with Crippen LogP contribution in [0.3, 0.4) is 0 Å². The van der Waals surface area contributed by atoms with Gasteiger partial charge < -0.3 is 10.2 Å². The number of carbonyl (C=O) groups is 1. The van der Waals surface area contributed by atoms with Crippen LogP contribution < -0.4 is 0 Å². The Hall–Kier alpha value is -2.03. The lowest BCUT2D eigenvalue weighted by atomic mass is 10.0. The minimum atomic E-state index is -0.440. The number of phenolic OH excluding ortho intramolecular Hbond substituents is 2. The predicted octanol–water partition coefficient (Wildman–Crippen LogP) is 2.78. The van der Waals surface area contributed by atoms with Crippen LogP contribution in [0.1, 0.15) is 29.8 Å². The minimum absolute atomic E-state index is 0.104. The lowest BCUT2D eigenvalue weighted by molar-refractivity contribution is 0.104. The van der Waals surface area contributed by atoms with E-state index in [1.165, 1.54) is 12.1 Å². The molecule has 0 saturated carbocycles. The summed E-state index contributed by atoms with van der Waals surface area (Å²) < 4.78 is 0. The van der Waals surface area contributed by atoms with Gasteiger partial charge in [0.2, 0.25) is 0 Å². The zero-order chi connectivity index (χ0) is 13.0. The van der Waals surface area contributed by atoms with Crippen LogP contribution in [-0.2, 0) is 6.42 Å². The summed E-state index contributed by atoms with van der Waals surface area (Å²) in [6, 6.07) is 2.61. The average Bonchev–Trinajstić information content (AvgIpc) is 2.26. The van der Waals surface area contributed by atoms with Crippen molar-refractivity contribution in [1.82, 2.24) is 0 Å². The fourth-order valence-corrected chi connectivity index (χ4v) is 1.40. The molecular formula is C14H15O3. The van der Waals surface area contributed by atoms with E-state index in [1.54, 1.807) is 0 Å². The Morgan fingerprint density at radius 1 is 1.29 bits per heavy atom. The number of aromatic hydroxyl groups is 2. The smallest absolute Gasteiger partial charge is 0.186 e. The molecule has 0 amide bonds. The Labute approximate surface area is 101 Å². The Morgan fingerprint density at radius 2 is 1.82 bits per heavy atom. The van der Waals surface area contributed by atoms with Crippen molar-refractivity contribution in [3.8, 4) is 11.5 Å². The first-order valence-corrected chi connectivity index (χ1v) is 5.23. The first-order valence-electron chi connectivity index (χ1n) is 5.23. The first kappa shape index (κ1) is 13.0. The van der Waals surface area contributed by atoms with Crippen molar-refractivity contribution >= 4 is 5.78 Å². The molecule has 0 atom stereocenters. The molecule has 1 aromatic carbocycles. The number of ketones is 1. The van der Waals surface area contributed by atoms with Gasteiger partial charge in [0.25, 0.3) is 0 Å². The van der Waals surface area contributed by atoms with Crippen LogP contribution in [0.5, 0.6) is 11.5 Å². The molecule has 0 saturated heterocycles. The molecule has 0 aliphatic rings. The van der Waals surface area contributed by atoms with Gasteiger partial charge in [-0.05, 0) is 38.5 Å². The molecule has 1 aromatic rings. The molecule has 17 heavy (non-hydrogen) atoms. The minimum Gasteiger partial charge on any atom is -0.507 e. The SMILES string of the molecule is [CH]=CC(=O)c1cc(O)c(CC=C(C)C)c(O)c1. The summed E-state index contributed by atoms with van der Waals surface area (Å²) in [5, 5.41) is 19.5. The summed E-state index contributed by atoms with van der Waals surface area (Å²) >= 11 is 0. The van der Waals surface area contributed by atoms with Gasteiger partial charge in [-0.25, -0.2) is 0 Å². The van der Waals surface area contributed by atoms with Crippen molar-refractivity contribution in [1.29, 1.82) is 0 Å². The standard InChI is InChI=1S/C14H15O3/c1-4-12(15)10-7-13(16)11(14(17)8-10)6-5-9(2)3/h1,4-5,7-8,16-17H,6H2,2-3H3. The molecule has 3 nitrogen and oxygen atoms in total. The second-order valence-electron chi connectivity index (χ2n) is 4.01. The summed E-state index contributed by atoms with van der Waals surface area (Å²) in [7, 11) is 0. The Balaban J connectivity index is 3.15. The lowest BCUT2D eigenvalue weighted by Gasteiger charge is -2.07. The van der Waals surface area contributed by atoms with E-state index in [2.05, 4.69) is 0 Å². The molecule has 89 valence electrons. The van der Waals surface area contributed by atoms with E-state index in [-0.39, 0.29) is 17.1 Å². The topological polar surface area (TPSA) is 57.5 Å². The summed E-state index contributed by atoms with van der Waals surface area (Å²) in [5.74, 6) is -0.648. The number of allylic oxidation sites excluding steroid dienone is 3. The predicted molar refractivity (Wildman–Crippen MR) is 66.1 cm³/mol. The van der Waals surface area contributed by atoms with Crippen molar-refractivity contribution in [3.63, 3.8) is 0 Å². The van der Waals surface area contributed by atoms with Crippen LogP contribution in [0.15, 0.2) is 29.9 Å². The molecule has 1 radical (unpaired) electrons. The third-order valence-corrected chi connectivity index (χ3v) is 2.35. The van der Waals surface area contributed by atoms with Crippen molar-refractivity contribution in [3.05, 3.63) is 47.6 Å². The highest BCUT2D eigenvalue weighted by Crippen LogP contribution is 2.30. The third-order valence-electron chi connectivity index (χ3n) is 2.35. The summed E-state index contributed by atoms with van der Waals surface area (Å²) in [6.07, 6.45) is 3.19. The van der Waals surface area contributed by atoms with Gasteiger partial charge >= 0.3 is 0 Å². The van der Waals surface area contributed by atoms with Crippen LogP contribution >= 0.6 is 0 Å². The van der Waals surface area contributed by atoms with Crippen LogP contribution in [0.2, 0.25) is 0 Å². The molecule has 0 bridgehead atoms. The highest BCUT2D eigenvalue weighted by atomic mass is 16.3. The maximum Gasteiger partial charge on any atom is 0.186 e. The van der Waals surface area contributed by atoms with Crippen molar-refractivity contribution in [2.45, 2.75) is 20.3 Å². The van der Waals surface area contributed by atoms with Crippen LogP contribution in [0.25, 0.3) is 0 Å². The summed E-state index contributed by atoms with van der Waals surface area (Å²) in [6.45, 7) is 8.95. The van der Waals surface area contributed by atoms with Crippen molar-refractivity contribution < 1.29 is 15.0 Å². The molecule has 0 fully saturated rings. The Bertz CT molecular complexity index is 457. The molecule has 0 aliphatic heterocycles. The Kier molecular flexibility index (Phi) is 4.10. The van der Waals surface area contributed by atoms with Gasteiger partial charge in [-0.3, -0.25) is 4.79 Å². The quantitative estimate of drug-likeness (QED) is 0.476. The third kappa shape index (κ3) is 3.21. The molecule has 0 spiro atoms. The van der Waals surface area contributed by atoms with Gasteiger partial charge in [0.1, 0.15) is 11.5 Å². The second-order valence-corrected chi connectivity index (χ2v) is 4.01. The van der Waals surface area contributed by atoms with E-state index < -0.39 is 5.78 Å². The number of rotatable bonds is 4. The number of hydrogen-bond acceptors (Lipinski definition) is 3. The number of benzene rings is 1. The lowest BCUT2D eigenvalue weighted by Crippen LogP contribution is -1.95. The Morgan fingerprint density at radius 3 is 2.24 bits per heavy atom. The molecule has 1 rings (SSSR count). The summed E-state index contributed by atoms with van der Waals surface area (Å²) in [4.78, 5) is 11.3. The molecule has 0 aromatic heterocycles. The van der Waals surface area contributed by atoms with Gasteiger partial charge in [-0.1, -0.05) is 18.2 Å². The molecule has 0 aliphatic carbocycles. The maximum absolute atomic E-state index is 11.3. The zero-order valence-electron chi connectivity index (χ0n) is 9.90. The summed E-state index contributed by atoms with van der Waals surface area (Å²) in [5.41, 5.74) is 1.66. The van der Waals surface area contributed by atoms with E-state index in [1.807, 2.05) is 19.9 Å². The number of phenols is 2. The van der Waals surface area contributed by atoms with Crippen LogP contribution in [0, 0.1) is 6.58 Å². The second kappa shape index (κ2) is 5.34. The fraction of sp³-hybridized carbons (Fsp3) is 0.214. The van der Waals surface area contributed by atoms with E-state index in [0.717, 1.165) is 11.6 Å². The van der Waals surface area contributed by atoms with E-state index in [9.17, 15) is 15.0 Å². The zero-order valence-corrected chi connectivity index (χ0v) is 9.90. The molecule has 3 heteroatoms. The van der Waals surface area contributed by atoms with E-state index >= 15 is 0 Å². The maximum atomic E-state index is 11.3. The first-order chi connectivity index (χ1) is 7.95. The van der Waals surface area contributed by atoms with Gasteiger partial charge in [0.15, 0.2) is 5.78 Å². The van der Waals surface area contributed by atoms with E-state index in [0.29, 0.717) is 12.0 Å². The fourth-order valence-electron chi connectivity index (χ4n) is 1.40. The number of carbonyl (C=O) groups excluding carboxylic acids is 1. The molecular weight excluding hydrogens is 216 g/mol. The van der Waals surface area contributed by atoms with Crippen LogP contribution in [0.4, 0.5) is 0 Å². The van der Waals surface area contributed by atoms with Gasteiger partial charge in [-0.2, -0.15) is 0 Å². The van der Waals surface area contributed by atoms with Crippen molar-refractivity contribution in [2.75, 3.05) is 0 Å². The monoisotopic (exact) mass is 231 g/mol. The average molecular weight is 231 g/mol. The number of hydrogen-bond donors (Lipinski definition) is 2. The van der Waals surface area contributed by atoms with Crippen molar-refractivity contribution in [2.24, 2.45) is 0 Å². The van der Waals surface area contributed by atoms with E-state index in [4.69, 9.17) is 6.58 Å². The van der Waals surface area contributed by atoms with Gasteiger partial charge in [0, 0.05) is 11.1 Å². The molecule has 0 heterocycles. The molecule has 0 unspecified atom stereocenters. The molecule has 2 N–H and O–H groups in total. The largest absolute Gasteiger partial charge is 0.507 e. The normalized spacial score (nSPS) is 9.76. The van der Waals surface area contributed by atoms with Gasteiger partial charge in [0.05, 0.1) is 0 Å². The van der Waals surface area contributed by atoms with Crippen LogP contribution in [-0.4, -0.2) is 16.0 Å². The highest BCUT2D eigenvalue weighted by Gasteiger charge is 2.11. The van der Waals surface area contributed by atoms with Gasteiger partial charge in [-0.15, -0.1) is 0 Å². The highest BCUT2D eigenvalue weighted by molar-refractivity contribution is 6.04.